The van der Waals surface area contributed by atoms with Crippen LogP contribution in [0.3, 0.4) is 0 Å². The lowest BCUT2D eigenvalue weighted by atomic mass is 9.94. The molecule has 1 aromatic carbocycles. The Morgan fingerprint density at radius 2 is 1.47 bits per heavy atom. The van der Waals surface area contributed by atoms with E-state index < -0.39 is 0 Å². The molecule has 1 rings (SSSR count). The number of hydrogen-bond donors (Lipinski definition) is 0. The number of methoxy groups -OCH3 is 2. The molecule has 0 unspecified atom stereocenters. The van der Waals surface area contributed by atoms with Gasteiger partial charge in [-0.05, 0) is 43.9 Å². The Morgan fingerprint density at radius 1 is 0.941 bits per heavy atom. The molecule has 0 aromatic heterocycles. The smallest absolute Gasteiger partial charge is 0.125 e. The zero-order valence-electron chi connectivity index (χ0n) is 11.3. The Labute approximate surface area is 104 Å². The van der Waals surface area contributed by atoms with Crippen LogP contribution in [0, 0.1) is 33.1 Å². The van der Waals surface area contributed by atoms with Crippen LogP contribution in [0.1, 0.15) is 28.7 Å². The van der Waals surface area contributed by atoms with Gasteiger partial charge >= 0.3 is 0 Å². The first-order valence-electron chi connectivity index (χ1n) is 5.72. The van der Waals surface area contributed by atoms with Crippen LogP contribution in [0.4, 0.5) is 0 Å². The fourth-order valence-electron chi connectivity index (χ4n) is 2.24. The molecule has 0 aliphatic rings. The SMILES string of the molecule is C#CCCc1c(C)c(OC)c(C)c(C)c1OC. The molecule has 0 fully saturated rings. The van der Waals surface area contributed by atoms with E-state index in [0.717, 1.165) is 40.2 Å². The zero-order valence-corrected chi connectivity index (χ0v) is 11.3. The number of benzene rings is 1. The van der Waals surface area contributed by atoms with Crippen molar-refractivity contribution < 1.29 is 9.47 Å². The van der Waals surface area contributed by atoms with E-state index in [0.29, 0.717) is 6.42 Å². The zero-order chi connectivity index (χ0) is 13.0. The van der Waals surface area contributed by atoms with Crippen LogP contribution in [0.25, 0.3) is 0 Å². The predicted octanol–water partition coefficient (Wildman–Crippen LogP) is 3.19. The Balaban J connectivity index is 3.44. The average Bonchev–Trinajstić information content (AvgIpc) is 2.33. The second-order valence-corrected chi connectivity index (χ2v) is 4.12. The van der Waals surface area contributed by atoms with Crippen LogP contribution < -0.4 is 9.47 Å². The highest BCUT2D eigenvalue weighted by atomic mass is 16.5. The summed E-state index contributed by atoms with van der Waals surface area (Å²) in [4.78, 5) is 0. The van der Waals surface area contributed by atoms with Crippen LogP contribution in [0.5, 0.6) is 11.5 Å². The molecule has 0 atom stereocenters. The quantitative estimate of drug-likeness (QED) is 0.742. The number of ether oxygens (including phenoxy) is 2. The van der Waals surface area contributed by atoms with Crippen LogP contribution in [0.2, 0.25) is 0 Å². The number of hydrogen-bond acceptors (Lipinski definition) is 2. The van der Waals surface area contributed by atoms with Crippen molar-refractivity contribution in [3.05, 3.63) is 22.3 Å². The summed E-state index contributed by atoms with van der Waals surface area (Å²) >= 11 is 0. The van der Waals surface area contributed by atoms with Gasteiger partial charge in [0.15, 0.2) is 0 Å². The summed E-state index contributed by atoms with van der Waals surface area (Å²) in [6, 6.07) is 0. The van der Waals surface area contributed by atoms with E-state index in [1.807, 2.05) is 0 Å². The lowest BCUT2D eigenvalue weighted by molar-refractivity contribution is 0.391. The van der Waals surface area contributed by atoms with Crippen molar-refractivity contribution in [2.45, 2.75) is 33.6 Å². The lowest BCUT2D eigenvalue weighted by Crippen LogP contribution is -2.03. The summed E-state index contributed by atoms with van der Waals surface area (Å²) in [5.41, 5.74) is 4.54. The number of terminal acetylenes is 1. The van der Waals surface area contributed by atoms with Crippen molar-refractivity contribution >= 4 is 0 Å². The molecule has 0 bridgehead atoms. The maximum atomic E-state index is 5.51. The molecule has 1 aromatic rings. The summed E-state index contributed by atoms with van der Waals surface area (Å²) in [6.07, 6.45) is 6.87. The van der Waals surface area contributed by atoms with Crippen molar-refractivity contribution in [3.8, 4) is 23.8 Å². The lowest BCUT2D eigenvalue weighted by Gasteiger charge is -2.20. The minimum absolute atomic E-state index is 0.711. The van der Waals surface area contributed by atoms with Crippen molar-refractivity contribution in [3.63, 3.8) is 0 Å². The Hall–Kier alpha value is -1.62. The van der Waals surface area contributed by atoms with E-state index in [2.05, 4.69) is 26.7 Å². The first-order chi connectivity index (χ1) is 8.08. The van der Waals surface area contributed by atoms with Crippen LogP contribution in [-0.4, -0.2) is 14.2 Å². The minimum Gasteiger partial charge on any atom is -0.496 e. The molecular formula is C15H20O2. The van der Waals surface area contributed by atoms with Gasteiger partial charge < -0.3 is 9.47 Å². The molecule has 0 amide bonds. The molecule has 2 heteroatoms. The van der Waals surface area contributed by atoms with Gasteiger partial charge in [-0.3, -0.25) is 0 Å². The maximum absolute atomic E-state index is 5.51. The van der Waals surface area contributed by atoms with E-state index in [-0.39, 0.29) is 0 Å². The molecular weight excluding hydrogens is 212 g/mol. The molecule has 0 saturated heterocycles. The molecule has 0 aliphatic carbocycles. The molecule has 2 nitrogen and oxygen atoms in total. The van der Waals surface area contributed by atoms with Crippen molar-refractivity contribution in [2.75, 3.05) is 14.2 Å². The normalized spacial score (nSPS) is 9.88. The summed E-state index contributed by atoms with van der Waals surface area (Å²) in [5.74, 6) is 4.55. The highest BCUT2D eigenvalue weighted by Gasteiger charge is 2.17. The van der Waals surface area contributed by atoms with Gasteiger partial charge in [0.1, 0.15) is 11.5 Å². The molecule has 0 spiro atoms. The molecule has 0 aliphatic heterocycles. The topological polar surface area (TPSA) is 18.5 Å². The first kappa shape index (κ1) is 13.4. The molecule has 0 radical (unpaired) electrons. The summed E-state index contributed by atoms with van der Waals surface area (Å²) < 4.78 is 11.0. The van der Waals surface area contributed by atoms with E-state index >= 15 is 0 Å². The van der Waals surface area contributed by atoms with Crippen LogP contribution in [0.15, 0.2) is 0 Å². The molecule has 0 saturated carbocycles. The van der Waals surface area contributed by atoms with Crippen LogP contribution in [-0.2, 0) is 6.42 Å². The Kier molecular flexibility index (Phi) is 4.45. The average molecular weight is 232 g/mol. The number of rotatable bonds is 4. The van der Waals surface area contributed by atoms with E-state index in [9.17, 15) is 0 Å². The standard InChI is InChI=1S/C15H20O2/c1-7-8-9-13-12(4)14(16-5)10(2)11(3)15(13)17-6/h1H,8-9H2,2-6H3. The first-order valence-corrected chi connectivity index (χ1v) is 5.72. The third kappa shape index (κ3) is 2.39. The summed E-state index contributed by atoms with van der Waals surface area (Å²) in [5, 5.41) is 0. The van der Waals surface area contributed by atoms with Gasteiger partial charge in [0.05, 0.1) is 14.2 Å². The van der Waals surface area contributed by atoms with Crippen molar-refractivity contribution in [1.82, 2.24) is 0 Å². The van der Waals surface area contributed by atoms with Gasteiger partial charge in [0, 0.05) is 12.0 Å². The second kappa shape index (κ2) is 5.63. The highest BCUT2D eigenvalue weighted by Crippen LogP contribution is 2.38. The highest BCUT2D eigenvalue weighted by molar-refractivity contribution is 5.58. The molecule has 0 N–H and O–H groups in total. The fraction of sp³-hybridized carbons (Fsp3) is 0.467. The fourth-order valence-corrected chi connectivity index (χ4v) is 2.24. The van der Waals surface area contributed by atoms with Gasteiger partial charge in [0.2, 0.25) is 0 Å². The third-order valence-corrected chi connectivity index (χ3v) is 3.24. The summed E-state index contributed by atoms with van der Waals surface area (Å²) in [6.45, 7) is 6.16. The van der Waals surface area contributed by atoms with E-state index in [1.54, 1.807) is 14.2 Å². The maximum Gasteiger partial charge on any atom is 0.125 e. The van der Waals surface area contributed by atoms with Crippen molar-refractivity contribution in [2.24, 2.45) is 0 Å². The Morgan fingerprint density at radius 3 is 1.94 bits per heavy atom. The second-order valence-electron chi connectivity index (χ2n) is 4.12. The van der Waals surface area contributed by atoms with Crippen LogP contribution >= 0.6 is 0 Å². The predicted molar refractivity (Wildman–Crippen MR) is 70.9 cm³/mol. The Bertz CT molecular complexity index is 453. The summed E-state index contributed by atoms with van der Waals surface area (Å²) in [7, 11) is 3.40. The minimum atomic E-state index is 0.711. The molecule has 17 heavy (non-hydrogen) atoms. The van der Waals surface area contributed by atoms with Gasteiger partial charge in [-0.25, -0.2) is 0 Å². The van der Waals surface area contributed by atoms with Crippen molar-refractivity contribution in [1.29, 1.82) is 0 Å². The van der Waals surface area contributed by atoms with E-state index in [1.165, 1.54) is 0 Å². The van der Waals surface area contributed by atoms with E-state index in [4.69, 9.17) is 15.9 Å². The largest absolute Gasteiger partial charge is 0.496 e. The monoisotopic (exact) mass is 232 g/mol. The van der Waals surface area contributed by atoms with Gasteiger partial charge in [-0.2, -0.15) is 0 Å². The van der Waals surface area contributed by atoms with Gasteiger partial charge in [-0.1, -0.05) is 0 Å². The third-order valence-electron chi connectivity index (χ3n) is 3.24. The molecule has 92 valence electrons. The van der Waals surface area contributed by atoms with Gasteiger partial charge in [-0.15, -0.1) is 12.3 Å². The molecule has 0 heterocycles. The van der Waals surface area contributed by atoms with Gasteiger partial charge in [0.25, 0.3) is 0 Å².